The Kier molecular flexibility index (Phi) is 2.14. The summed E-state index contributed by atoms with van der Waals surface area (Å²) < 4.78 is 1.29. The van der Waals surface area contributed by atoms with E-state index in [1.54, 1.807) is 0 Å². The fourth-order valence-electron chi connectivity index (χ4n) is 2.92. The largest absolute Gasteiger partial charge is 0.316 e. The molecule has 1 saturated heterocycles. The Balaban J connectivity index is 1.87. The predicted molar refractivity (Wildman–Crippen MR) is 61.3 cm³/mol. The minimum atomic E-state index is 0.797. The van der Waals surface area contributed by atoms with Crippen molar-refractivity contribution < 1.29 is 0 Å². The molecule has 0 aromatic heterocycles. The van der Waals surface area contributed by atoms with Gasteiger partial charge in [-0.2, -0.15) is 0 Å². The van der Waals surface area contributed by atoms with Crippen LogP contribution in [0, 0.1) is 11.8 Å². The molecule has 0 unspecified atom stereocenters. The zero-order valence-corrected chi connectivity index (χ0v) is 9.63. The summed E-state index contributed by atoms with van der Waals surface area (Å²) in [4.78, 5) is 0. The minimum Gasteiger partial charge on any atom is -0.316 e. The Labute approximate surface area is 93.0 Å². The van der Waals surface area contributed by atoms with Crippen molar-refractivity contribution >= 4 is 15.9 Å². The Morgan fingerprint density at radius 1 is 1.21 bits per heavy atom. The van der Waals surface area contributed by atoms with Gasteiger partial charge < -0.3 is 5.32 Å². The molecule has 2 fully saturated rings. The second-order valence-corrected chi connectivity index (χ2v) is 5.30. The van der Waals surface area contributed by atoms with E-state index in [0.29, 0.717) is 0 Å². The average molecular weight is 252 g/mol. The smallest absolute Gasteiger partial charge is 0.0210 e. The van der Waals surface area contributed by atoms with Crippen LogP contribution >= 0.6 is 15.9 Å². The van der Waals surface area contributed by atoms with Gasteiger partial charge in [0.15, 0.2) is 0 Å². The van der Waals surface area contributed by atoms with Crippen molar-refractivity contribution in [3.05, 3.63) is 34.3 Å². The van der Waals surface area contributed by atoms with E-state index in [2.05, 4.69) is 45.5 Å². The Morgan fingerprint density at radius 2 is 2.07 bits per heavy atom. The first-order valence-corrected chi connectivity index (χ1v) is 6.10. The molecule has 1 aromatic carbocycles. The molecule has 0 bridgehead atoms. The van der Waals surface area contributed by atoms with Crippen LogP contribution in [0.25, 0.3) is 0 Å². The summed E-state index contributed by atoms with van der Waals surface area (Å²) >= 11 is 3.65. The fraction of sp³-hybridized carbons (Fsp3) is 0.500. The van der Waals surface area contributed by atoms with Gasteiger partial charge in [0.25, 0.3) is 0 Å². The van der Waals surface area contributed by atoms with Gasteiger partial charge in [-0.05, 0) is 48.9 Å². The van der Waals surface area contributed by atoms with Crippen LogP contribution in [0.4, 0.5) is 0 Å². The maximum Gasteiger partial charge on any atom is 0.0210 e. The lowest BCUT2D eigenvalue weighted by atomic mass is 9.64. The lowest BCUT2D eigenvalue weighted by Gasteiger charge is -2.40. The SMILES string of the molecule is Brc1ccccc1[C@@H]1C[C@H]2CNC[C@@H]21. The van der Waals surface area contributed by atoms with E-state index >= 15 is 0 Å². The molecule has 1 nitrogen and oxygen atoms in total. The van der Waals surface area contributed by atoms with Crippen molar-refractivity contribution in [2.45, 2.75) is 12.3 Å². The molecule has 3 atom stereocenters. The van der Waals surface area contributed by atoms with E-state index < -0.39 is 0 Å². The summed E-state index contributed by atoms with van der Waals surface area (Å²) in [5.74, 6) is 2.64. The van der Waals surface area contributed by atoms with Crippen LogP contribution in [0.3, 0.4) is 0 Å². The zero-order chi connectivity index (χ0) is 9.54. The van der Waals surface area contributed by atoms with Crippen molar-refractivity contribution in [1.29, 1.82) is 0 Å². The van der Waals surface area contributed by atoms with E-state index in [1.165, 1.54) is 29.5 Å². The number of hydrogen-bond donors (Lipinski definition) is 1. The van der Waals surface area contributed by atoms with Gasteiger partial charge in [0, 0.05) is 4.47 Å². The third-order valence-electron chi connectivity index (χ3n) is 3.77. The molecule has 2 aliphatic rings. The quantitative estimate of drug-likeness (QED) is 0.810. The summed E-state index contributed by atoms with van der Waals surface area (Å²) in [6.07, 6.45) is 1.38. The van der Waals surface area contributed by atoms with E-state index in [1.807, 2.05) is 0 Å². The fourth-order valence-corrected chi connectivity index (χ4v) is 3.50. The third-order valence-corrected chi connectivity index (χ3v) is 4.49. The monoisotopic (exact) mass is 251 g/mol. The Bertz CT molecular complexity index is 350. The normalized spacial score (nSPS) is 35.1. The standard InChI is InChI=1S/C12H14BrN/c13-12-4-2-1-3-9(12)10-5-8-6-14-7-11(8)10/h1-4,8,10-11,14H,5-7H2/t8-,10-,11-/m0/s1. The minimum absolute atomic E-state index is 0.797. The van der Waals surface area contributed by atoms with Gasteiger partial charge in [-0.25, -0.2) is 0 Å². The number of benzene rings is 1. The Morgan fingerprint density at radius 3 is 2.86 bits per heavy atom. The van der Waals surface area contributed by atoms with Crippen LogP contribution < -0.4 is 5.32 Å². The second kappa shape index (κ2) is 3.35. The maximum absolute atomic E-state index is 3.65. The van der Waals surface area contributed by atoms with Crippen LogP contribution in [0.2, 0.25) is 0 Å². The first-order valence-electron chi connectivity index (χ1n) is 5.31. The number of hydrogen-bond acceptors (Lipinski definition) is 1. The highest BCUT2D eigenvalue weighted by atomic mass is 79.9. The molecule has 1 saturated carbocycles. The summed E-state index contributed by atoms with van der Waals surface area (Å²) in [6, 6.07) is 8.67. The molecule has 1 aliphatic heterocycles. The van der Waals surface area contributed by atoms with Crippen LogP contribution in [0.5, 0.6) is 0 Å². The molecular weight excluding hydrogens is 238 g/mol. The number of halogens is 1. The highest BCUT2D eigenvalue weighted by molar-refractivity contribution is 9.10. The van der Waals surface area contributed by atoms with Crippen LogP contribution in [0.15, 0.2) is 28.7 Å². The highest BCUT2D eigenvalue weighted by Gasteiger charge is 2.44. The molecule has 0 spiro atoms. The van der Waals surface area contributed by atoms with Crippen molar-refractivity contribution in [1.82, 2.24) is 5.32 Å². The third kappa shape index (κ3) is 1.24. The summed E-state index contributed by atoms with van der Waals surface area (Å²) in [5.41, 5.74) is 1.51. The van der Waals surface area contributed by atoms with Gasteiger partial charge in [-0.15, -0.1) is 0 Å². The molecular formula is C12H14BrN. The van der Waals surface area contributed by atoms with Gasteiger partial charge in [0.2, 0.25) is 0 Å². The van der Waals surface area contributed by atoms with Crippen molar-refractivity contribution in [2.24, 2.45) is 11.8 Å². The summed E-state index contributed by atoms with van der Waals surface area (Å²) in [5, 5.41) is 3.49. The lowest BCUT2D eigenvalue weighted by molar-refractivity contribution is 0.190. The van der Waals surface area contributed by atoms with Gasteiger partial charge >= 0.3 is 0 Å². The molecule has 0 radical (unpaired) electrons. The van der Waals surface area contributed by atoms with Gasteiger partial charge in [0.1, 0.15) is 0 Å². The molecule has 0 amide bonds. The summed E-state index contributed by atoms with van der Waals surface area (Å²) in [6.45, 7) is 2.46. The topological polar surface area (TPSA) is 12.0 Å². The molecule has 14 heavy (non-hydrogen) atoms. The van der Waals surface area contributed by atoms with E-state index in [4.69, 9.17) is 0 Å². The maximum atomic E-state index is 3.65. The molecule has 3 rings (SSSR count). The van der Waals surface area contributed by atoms with E-state index in [9.17, 15) is 0 Å². The molecule has 2 heteroatoms. The zero-order valence-electron chi connectivity index (χ0n) is 8.04. The number of fused-ring (bicyclic) bond motifs is 1. The second-order valence-electron chi connectivity index (χ2n) is 4.45. The van der Waals surface area contributed by atoms with Crippen molar-refractivity contribution in [2.75, 3.05) is 13.1 Å². The van der Waals surface area contributed by atoms with Crippen LogP contribution in [0.1, 0.15) is 17.9 Å². The van der Waals surface area contributed by atoms with E-state index in [-0.39, 0.29) is 0 Å². The van der Waals surface area contributed by atoms with E-state index in [0.717, 1.165) is 17.8 Å². The Hall–Kier alpha value is -0.340. The van der Waals surface area contributed by atoms with Crippen molar-refractivity contribution in [3.63, 3.8) is 0 Å². The number of nitrogens with one attached hydrogen (secondary N) is 1. The average Bonchev–Trinajstić information content (AvgIpc) is 2.52. The summed E-state index contributed by atoms with van der Waals surface area (Å²) in [7, 11) is 0. The molecule has 1 N–H and O–H groups in total. The van der Waals surface area contributed by atoms with Crippen molar-refractivity contribution in [3.8, 4) is 0 Å². The van der Waals surface area contributed by atoms with Gasteiger partial charge in [0.05, 0.1) is 0 Å². The lowest BCUT2D eigenvalue weighted by Crippen LogP contribution is -2.33. The highest BCUT2D eigenvalue weighted by Crippen LogP contribution is 2.50. The van der Waals surface area contributed by atoms with Gasteiger partial charge in [-0.3, -0.25) is 0 Å². The molecule has 74 valence electrons. The molecule has 1 aliphatic carbocycles. The van der Waals surface area contributed by atoms with Gasteiger partial charge in [-0.1, -0.05) is 34.1 Å². The first-order chi connectivity index (χ1) is 6.86. The first kappa shape index (κ1) is 8.93. The van der Waals surface area contributed by atoms with Crippen LogP contribution in [-0.4, -0.2) is 13.1 Å². The number of rotatable bonds is 1. The molecule has 1 aromatic rings. The molecule has 1 heterocycles. The predicted octanol–water partition coefficient (Wildman–Crippen LogP) is 2.77. The van der Waals surface area contributed by atoms with Crippen LogP contribution in [-0.2, 0) is 0 Å².